The summed E-state index contributed by atoms with van der Waals surface area (Å²) in [5.74, 6) is 0.579. The molecule has 0 unspecified atom stereocenters. The molecule has 1 aromatic carbocycles. The second-order valence-electron chi connectivity index (χ2n) is 4.80. The van der Waals surface area contributed by atoms with Gasteiger partial charge in [0.2, 0.25) is 5.91 Å². The molecule has 1 amide bonds. The standard InChI is InChI=1S/C15H23ClN2O2.ClH/c1-11-9-13(14(20-2)10-12(11)16)18-15(19)7-5-3-4-6-8-17;/h9-10H,3-8,17H2,1-2H3,(H,18,19);1H. The maximum absolute atomic E-state index is 11.9. The maximum atomic E-state index is 11.9. The molecule has 0 saturated carbocycles. The van der Waals surface area contributed by atoms with Crippen LogP contribution in [0.2, 0.25) is 5.02 Å². The number of ether oxygens (including phenoxy) is 1. The number of methoxy groups -OCH3 is 1. The van der Waals surface area contributed by atoms with Crippen LogP contribution in [0, 0.1) is 6.92 Å². The first kappa shape index (κ1) is 20.0. The summed E-state index contributed by atoms with van der Waals surface area (Å²) in [5, 5.41) is 3.50. The molecular weight excluding hydrogens is 311 g/mol. The van der Waals surface area contributed by atoms with E-state index in [4.69, 9.17) is 22.1 Å². The zero-order valence-corrected chi connectivity index (χ0v) is 14.1. The van der Waals surface area contributed by atoms with Crippen molar-refractivity contribution in [3.05, 3.63) is 22.7 Å². The van der Waals surface area contributed by atoms with E-state index in [1.165, 1.54) is 0 Å². The molecule has 0 atom stereocenters. The van der Waals surface area contributed by atoms with Gasteiger partial charge in [-0.05, 0) is 37.9 Å². The molecule has 0 aliphatic heterocycles. The molecule has 21 heavy (non-hydrogen) atoms. The van der Waals surface area contributed by atoms with Gasteiger partial charge < -0.3 is 15.8 Å². The lowest BCUT2D eigenvalue weighted by Gasteiger charge is -2.12. The third kappa shape index (κ3) is 7.02. The van der Waals surface area contributed by atoms with Crippen molar-refractivity contribution in [1.29, 1.82) is 0 Å². The van der Waals surface area contributed by atoms with E-state index in [1.54, 1.807) is 13.2 Å². The lowest BCUT2D eigenvalue weighted by atomic mass is 10.1. The molecule has 1 rings (SSSR count). The Morgan fingerprint density at radius 3 is 2.57 bits per heavy atom. The van der Waals surface area contributed by atoms with E-state index in [2.05, 4.69) is 5.32 Å². The lowest BCUT2D eigenvalue weighted by Crippen LogP contribution is -2.12. The zero-order chi connectivity index (χ0) is 15.0. The van der Waals surface area contributed by atoms with Gasteiger partial charge in [0.15, 0.2) is 0 Å². The molecule has 3 N–H and O–H groups in total. The highest BCUT2D eigenvalue weighted by Gasteiger charge is 2.10. The van der Waals surface area contributed by atoms with Crippen LogP contribution in [0.3, 0.4) is 0 Å². The number of nitrogens with one attached hydrogen (secondary N) is 1. The summed E-state index contributed by atoms with van der Waals surface area (Å²) < 4.78 is 5.23. The Morgan fingerprint density at radius 1 is 1.29 bits per heavy atom. The number of benzene rings is 1. The van der Waals surface area contributed by atoms with E-state index in [0.29, 0.717) is 29.4 Å². The van der Waals surface area contributed by atoms with E-state index in [9.17, 15) is 4.79 Å². The molecule has 1 aromatic rings. The van der Waals surface area contributed by atoms with Crippen LogP contribution in [0.5, 0.6) is 5.75 Å². The van der Waals surface area contributed by atoms with Crippen LogP contribution in [0.15, 0.2) is 12.1 Å². The summed E-state index contributed by atoms with van der Waals surface area (Å²) >= 11 is 6.03. The minimum atomic E-state index is -0.00206. The number of carbonyl (C=O) groups excluding carboxylic acids is 1. The topological polar surface area (TPSA) is 64.3 Å². The molecular formula is C15H24Cl2N2O2. The van der Waals surface area contributed by atoms with Gasteiger partial charge in [0.1, 0.15) is 5.75 Å². The summed E-state index contributed by atoms with van der Waals surface area (Å²) in [6.07, 6.45) is 4.51. The minimum Gasteiger partial charge on any atom is -0.495 e. The molecule has 0 saturated heterocycles. The van der Waals surface area contributed by atoms with E-state index < -0.39 is 0 Å². The van der Waals surface area contributed by atoms with Crippen molar-refractivity contribution in [2.24, 2.45) is 5.73 Å². The highest BCUT2D eigenvalue weighted by atomic mass is 35.5. The van der Waals surface area contributed by atoms with Crippen LogP contribution in [0.25, 0.3) is 0 Å². The third-order valence-electron chi connectivity index (χ3n) is 3.11. The van der Waals surface area contributed by atoms with Gasteiger partial charge in [-0.2, -0.15) is 0 Å². The number of carbonyl (C=O) groups is 1. The highest BCUT2D eigenvalue weighted by molar-refractivity contribution is 6.31. The Bertz CT molecular complexity index is 454. The lowest BCUT2D eigenvalue weighted by molar-refractivity contribution is -0.116. The van der Waals surface area contributed by atoms with Gasteiger partial charge in [-0.3, -0.25) is 4.79 Å². The van der Waals surface area contributed by atoms with Gasteiger partial charge in [-0.25, -0.2) is 0 Å². The molecule has 0 radical (unpaired) electrons. The number of amides is 1. The number of rotatable bonds is 8. The number of nitrogens with two attached hydrogens (primary N) is 1. The largest absolute Gasteiger partial charge is 0.495 e. The van der Waals surface area contributed by atoms with Crippen molar-refractivity contribution in [3.8, 4) is 5.75 Å². The number of aryl methyl sites for hydroxylation is 1. The predicted octanol–water partition coefficient (Wildman–Crippen LogP) is 3.93. The monoisotopic (exact) mass is 334 g/mol. The van der Waals surface area contributed by atoms with Crippen molar-refractivity contribution in [1.82, 2.24) is 0 Å². The van der Waals surface area contributed by atoms with E-state index in [1.807, 2.05) is 13.0 Å². The molecule has 0 aliphatic carbocycles. The molecule has 0 fully saturated rings. The van der Waals surface area contributed by atoms with E-state index >= 15 is 0 Å². The molecule has 0 aromatic heterocycles. The van der Waals surface area contributed by atoms with Crippen LogP contribution >= 0.6 is 24.0 Å². The smallest absolute Gasteiger partial charge is 0.224 e. The fourth-order valence-corrected chi connectivity index (χ4v) is 2.08. The van der Waals surface area contributed by atoms with Crippen molar-refractivity contribution in [2.75, 3.05) is 19.0 Å². The summed E-state index contributed by atoms with van der Waals surface area (Å²) in [7, 11) is 1.56. The van der Waals surface area contributed by atoms with Gasteiger partial charge in [-0.15, -0.1) is 12.4 Å². The Labute approximate surface area is 137 Å². The van der Waals surface area contributed by atoms with Gasteiger partial charge in [0.25, 0.3) is 0 Å². The maximum Gasteiger partial charge on any atom is 0.224 e. The van der Waals surface area contributed by atoms with Crippen molar-refractivity contribution < 1.29 is 9.53 Å². The molecule has 0 spiro atoms. The number of unbranched alkanes of at least 4 members (excludes halogenated alkanes) is 3. The second kappa shape index (κ2) is 10.7. The van der Waals surface area contributed by atoms with E-state index in [0.717, 1.165) is 31.2 Å². The zero-order valence-electron chi connectivity index (χ0n) is 12.6. The van der Waals surface area contributed by atoms with Gasteiger partial charge >= 0.3 is 0 Å². The average molecular weight is 335 g/mol. The predicted molar refractivity (Wildman–Crippen MR) is 90.8 cm³/mol. The number of hydrogen-bond acceptors (Lipinski definition) is 3. The van der Waals surface area contributed by atoms with Crippen LogP contribution in [0.4, 0.5) is 5.69 Å². The molecule has 0 heterocycles. The molecule has 0 bridgehead atoms. The number of anilines is 1. The number of halogens is 2. The van der Waals surface area contributed by atoms with Crippen LogP contribution in [0.1, 0.15) is 37.7 Å². The van der Waals surface area contributed by atoms with Crippen molar-refractivity contribution in [3.63, 3.8) is 0 Å². The van der Waals surface area contributed by atoms with Gasteiger partial charge in [-0.1, -0.05) is 24.4 Å². The van der Waals surface area contributed by atoms with Gasteiger partial charge in [0.05, 0.1) is 12.8 Å². The Hall–Kier alpha value is -0.970. The van der Waals surface area contributed by atoms with Crippen molar-refractivity contribution >= 4 is 35.6 Å². The molecule has 0 aliphatic rings. The molecule has 4 nitrogen and oxygen atoms in total. The first-order valence-corrected chi connectivity index (χ1v) is 7.30. The fraction of sp³-hybridized carbons (Fsp3) is 0.533. The quantitative estimate of drug-likeness (QED) is 0.708. The average Bonchev–Trinajstić information content (AvgIpc) is 2.42. The number of hydrogen-bond donors (Lipinski definition) is 2. The SMILES string of the molecule is COc1cc(Cl)c(C)cc1NC(=O)CCCCCCN.Cl. The first-order valence-electron chi connectivity index (χ1n) is 6.92. The Balaban J connectivity index is 0.00000400. The summed E-state index contributed by atoms with van der Waals surface area (Å²) in [5.41, 5.74) is 7.00. The minimum absolute atomic E-state index is 0. The Morgan fingerprint density at radius 2 is 1.95 bits per heavy atom. The van der Waals surface area contributed by atoms with Crippen molar-refractivity contribution in [2.45, 2.75) is 39.0 Å². The van der Waals surface area contributed by atoms with E-state index in [-0.39, 0.29) is 18.3 Å². The first-order chi connectivity index (χ1) is 9.58. The highest BCUT2D eigenvalue weighted by Crippen LogP contribution is 2.31. The summed E-state index contributed by atoms with van der Waals surface area (Å²) in [6, 6.07) is 3.54. The summed E-state index contributed by atoms with van der Waals surface area (Å²) in [4.78, 5) is 11.9. The fourth-order valence-electron chi connectivity index (χ4n) is 1.93. The summed E-state index contributed by atoms with van der Waals surface area (Å²) in [6.45, 7) is 2.61. The molecule has 120 valence electrons. The third-order valence-corrected chi connectivity index (χ3v) is 3.52. The Kier molecular flexibility index (Phi) is 10.2. The normalized spacial score (nSPS) is 9.90. The van der Waals surface area contributed by atoms with Crippen LogP contribution in [-0.2, 0) is 4.79 Å². The van der Waals surface area contributed by atoms with Crippen LogP contribution in [-0.4, -0.2) is 19.6 Å². The second-order valence-corrected chi connectivity index (χ2v) is 5.21. The van der Waals surface area contributed by atoms with Gasteiger partial charge in [0, 0.05) is 17.5 Å². The van der Waals surface area contributed by atoms with Crippen LogP contribution < -0.4 is 15.8 Å². The molecule has 6 heteroatoms.